The molecular formula is C10H14N2O2. The summed E-state index contributed by atoms with van der Waals surface area (Å²) in [6.45, 7) is 3.30. The van der Waals surface area contributed by atoms with E-state index < -0.39 is 0 Å². The van der Waals surface area contributed by atoms with E-state index in [9.17, 15) is 4.79 Å². The van der Waals surface area contributed by atoms with Gasteiger partial charge in [0.2, 0.25) is 0 Å². The Labute approximate surface area is 82.9 Å². The van der Waals surface area contributed by atoms with Gasteiger partial charge in [-0.2, -0.15) is 0 Å². The predicted octanol–water partition coefficient (Wildman–Crippen LogP) is 0.555. The smallest absolute Gasteiger partial charge is 0.268 e. The molecule has 1 N–H and O–H groups in total. The number of amides is 1. The van der Waals surface area contributed by atoms with Gasteiger partial charge in [-0.3, -0.25) is 4.79 Å². The van der Waals surface area contributed by atoms with Crippen molar-refractivity contribution in [3.05, 3.63) is 23.5 Å². The van der Waals surface area contributed by atoms with Crippen LogP contribution in [0.3, 0.4) is 0 Å². The minimum Gasteiger partial charge on any atom is -0.378 e. The zero-order chi connectivity index (χ0) is 10.1. The average Bonchev–Trinajstić information content (AvgIpc) is 2.46. The fraction of sp³-hybridized carbons (Fsp3) is 0.500. The maximum atomic E-state index is 11.6. The standard InChI is InChI=1S/C10H14N2O2/c1-7-3-9-10(13)11-4-8(14-2)6-12(9)5-7/h3,5,8H,4,6H2,1-2H3,(H,11,13). The minimum atomic E-state index is -0.0161. The van der Waals surface area contributed by atoms with E-state index in [-0.39, 0.29) is 12.0 Å². The number of ether oxygens (including phenoxy) is 1. The molecule has 0 saturated carbocycles. The van der Waals surface area contributed by atoms with Crippen LogP contribution in [-0.2, 0) is 11.3 Å². The highest BCUT2D eigenvalue weighted by Crippen LogP contribution is 2.12. The molecule has 4 heteroatoms. The van der Waals surface area contributed by atoms with Gasteiger partial charge in [0.1, 0.15) is 5.69 Å². The molecule has 0 aromatic carbocycles. The number of hydrogen-bond acceptors (Lipinski definition) is 2. The number of hydrogen-bond donors (Lipinski definition) is 1. The van der Waals surface area contributed by atoms with Crippen molar-refractivity contribution in [2.45, 2.75) is 19.6 Å². The van der Waals surface area contributed by atoms with Crippen LogP contribution in [0.25, 0.3) is 0 Å². The van der Waals surface area contributed by atoms with Gasteiger partial charge >= 0.3 is 0 Å². The van der Waals surface area contributed by atoms with Crippen LogP contribution in [-0.4, -0.2) is 30.2 Å². The van der Waals surface area contributed by atoms with Gasteiger partial charge in [-0.25, -0.2) is 0 Å². The van der Waals surface area contributed by atoms with Gasteiger partial charge in [0.05, 0.1) is 12.6 Å². The molecule has 0 saturated heterocycles. The van der Waals surface area contributed by atoms with Gasteiger partial charge in [-0.15, -0.1) is 0 Å². The summed E-state index contributed by atoms with van der Waals surface area (Å²) in [6.07, 6.45) is 2.04. The first kappa shape index (κ1) is 9.27. The topological polar surface area (TPSA) is 43.3 Å². The molecule has 1 aromatic rings. The fourth-order valence-electron chi connectivity index (χ4n) is 1.74. The number of rotatable bonds is 1. The van der Waals surface area contributed by atoms with Crippen LogP contribution in [0, 0.1) is 6.92 Å². The third-order valence-corrected chi connectivity index (χ3v) is 2.49. The normalized spacial score (nSPS) is 21.3. The summed E-state index contributed by atoms with van der Waals surface area (Å²) in [5.41, 5.74) is 1.83. The highest BCUT2D eigenvalue weighted by molar-refractivity contribution is 5.93. The molecule has 1 aliphatic rings. The number of nitrogens with one attached hydrogen (secondary N) is 1. The van der Waals surface area contributed by atoms with Gasteiger partial charge < -0.3 is 14.6 Å². The van der Waals surface area contributed by atoms with Crippen LogP contribution in [0.15, 0.2) is 12.3 Å². The van der Waals surface area contributed by atoms with Crippen molar-refractivity contribution < 1.29 is 9.53 Å². The first-order chi connectivity index (χ1) is 6.70. The Balaban J connectivity index is 2.34. The molecule has 0 bridgehead atoms. The number of aromatic nitrogens is 1. The number of methoxy groups -OCH3 is 1. The van der Waals surface area contributed by atoms with E-state index in [0.717, 1.165) is 17.8 Å². The van der Waals surface area contributed by atoms with Crippen LogP contribution in [0.5, 0.6) is 0 Å². The van der Waals surface area contributed by atoms with Crippen molar-refractivity contribution in [3.63, 3.8) is 0 Å². The quantitative estimate of drug-likeness (QED) is 0.709. The second kappa shape index (κ2) is 3.46. The number of aryl methyl sites for hydroxylation is 1. The molecule has 1 aromatic heterocycles. The molecule has 1 atom stereocenters. The molecule has 1 unspecified atom stereocenters. The SMILES string of the molecule is COC1CNC(=O)c2cc(C)cn2C1. The summed E-state index contributed by atoms with van der Waals surface area (Å²) in [7, 11) is 1.66. The molecule has 0 fully saturated rings. The number of carbonyl (C=O) groups excluding carboxylic acids is 1. The molecule has 0 aliphatic carbocycles. The fourth-order valence-corrected chi connectivity index (χ4v) is 1.74. The predicted molar refractivity (Wildman–Crippen MR) is 52.3 cm³/mol. The first-order valence-electron chi connectivity index (χ1n) is 4.68. The largest absolute Gasteiger partial charge is 0.378 e. The van der Waals surface area contributed by atoms with Crippen molar-refractivity contribution in [2.24, 2.45) is 0 Å². The van der Waals surface area contributed by atoms with Gasteiger partial charge in [0.15, 0.2) is 0 Å². The molecular weight excluding hydrogens is 180 g/mol. The lowest BCUT2D eigenvalue weighted by Crippen LogP contribution is -2.30. The molecule has 0 spiro atoms. The van der Waals surface area contributed by atoms with Crippen LogP contribution >= 0.6 is 0 Å². The van der Waals surface area contributed by atoms with E-state index in [2.05, 4.69) is 5.32 Å². The van der Waals surface area contributed by atoms with Gasteiger partial charge in [0, 0.05) is 19.9 Å². The number of carbonyl (C=O) groups is 1. The van der Waals surface area contributed by atoms with Crippen LogP contribution in [0.2, 0.25) is 0 Å². The van der Waals surface area contributed by atoms with Gasteiger partial charge in [-0.1, -0.05) is 0 Å². The second-order valence-electron chi connectivity index (χ2n) is 3.62. The van der Waals surface area contributed by atoms with Crippen molar-refractivity contribution in [2.75, 3.05) is 13.7 Å². The summed E-state index contributed by atoms with van der Waals surface area (Å²) in [6, 6.07) is 1.90. The van der Waals surface area contributed by atoms with Crippen molar-refractivity contribution in [1.29, 1.82) is 0 Å². The molecule has 14 heavy (non-hydrogen) atoms. The second-order valence-corrected chi connectivity index (χ2v) is 3.62. The number of nitrogens with zero attached hydrogens (tertiary/aromatic N) is 1. The van der Waals surface area contributed by atoms with E-state index in [1.165, 1.54) is 0 Å². The monoisotopic (exact) mass is 194 g/mol. The van der Waals surface area contributed by atoms with Crippen LogP contribution in [0.4, 0.5) is 0 Å². The minimum absolute atomic E-state index is 0.0161. The van der Waals surface area contributed by atoms with Crippen molar-refractivity contribution >= 4 is 5.91 Å². The van der Waals surface area contributed by atoms with E-state index in [1.54, 1.807) is 7.11 Å². The highest BCUT2D eigenvalue weighted by atomic mass is 16.5. The van der Waals surface area contributed by atoms with E-state index in [1.807, 2.05) is 23.8 Å². The Kier molecular flexibility index (Phi) is 2.29. The molecule has 76 valence electrons. The maximum absolute atomic E-state index is 11.6. The van der Waals surface area contributed by atoms with E-state index in [0.29, 0.717) is 6.54 Å². The van der Waals surface area contributed by atoms with Crippen LogP contribution in [0.1, 0.15) is 16.1 Å². The van der Waals surface area contributed by atoms with Gasteiger partial charge in [0.25, 0.3) is 5.91 Å². The lowest BCUT2D eigenvalue weighted by molar-refractivity contribution is 0.0829. The van der Waals surface area contributed by atoms with Crippen molar-refractivity contribution in [3.8, 4) is 0 Å². The molecule has 2 heterocycles. The lowest BCUT2D eigenvalue weighted by atomic mass is 10.3. The van der Waals surface area contributed by atoms with Crippen LogP contribution < -0.4 is 5.32 Å². The van der Waals surface area contributed by atoms with Gasteiger partial charge in [-0.05, 0) is 18.6 Å². The lowest BCUT2D eigenvalue weighted by Gasteiger charge is -2.12. The molecule has 0 radical (unpaired) electrons. The average molecular weight is 194 g/mol. The summed E-state index contributed by atoms with van der Waals surface area (Å²) >= 11 is 0. The highest BCUT2D eigenvalue weighted by Gasteiger charge is 2.20. The third kappa shape index (κ3) is 1.53. The summed E-state index contributed by atoms with van der Waals surface area (Å²) in [4.78, 5) is 11.6. The summed E-state index contributed by atoms with van der Waals surface area (Å²) < 4.78 is 7.20. The molecule has 4 nitrogen and oxygen atoms in total. The Morgan fingerprint density at radius 2 is 2.43 bits per heavy atom. The Morgan fingerprint density at radius 1 is 1.64 bits per heavy atom. The Morgan fingerprint density at radius 3 is 3.14 bits per heavy atom. The first-order valence-corrected chi connectivity index (χ1v) is 4.68. The zero-order valence-corrected chi connectivity index (χ0v) is 8.41. The summed E-state index contributed by atoms with van der Waals surface area (Å²) in [5, 5.41) is 2.83. The molecule has 1 amide bonds. The van der Waals surface area contributed by atoms with E-state index >= 15 is 0 Å². The third-order valence-electron chi connectivity index (χ3n) is 2.49. The zero-order valence-electron chi connectivity index (χ0n) is 8.41. The summed E-state index contributed by atoms with van der Waals surface area (Å²) in [5.74, 6) is -0.0161. The Bertz CT molecular complexity index is 357. The van der Waals surface area contributed by atoms with E-state index in [4.69, 9.17) is 4.74 Å². The number of fused-ring (bicyclic) bond motifs is 1. The molecule has 2 rings (SSSR count). The maximum Gasteiger partial charge on any atom is 0.268 e. The van der Waals surface area contributed by atoms with Crippen molar-refractivity contribution in [1.82, 2.24) is 9.88 Å². The Hall–Kier alpha value is -1.29. The molecule has 1 aliphatic heterocycles.